The SMILES string of the molecule is CC(C)(C)n1c[c]c(-c2ccccc2Cl)n1. The predicted molar refractivity (Wildman–Crippen MR) is 66.5 cm³/mol. The van der Waals surface area contributed by atoms with Crippen molar-refractivity contribution in [3.8, 4) is 11.3 Å². The van der Waals surface area contributed by atoms with Crippen molar-refractivity contribution in [1.82, 2.24) is 9.78 Å². The molecule has 0 aliphatic heterocycles. The average Bonchev–Trinajstić information content (AvgIpc) is 2.66. The summed E-state index contributed by atoms with van der Waals surface area (Å²) in [4.78, 5) is 0. The summed E-state index contributed by atoms with van der Waals surface area (Å²) in [5.74, 6) is 0. The first-order valence-corrected chi connectivity index (χ1v) is 5.59. The number of nitrogens with zero attached hydrogens (tertiary/aromatic N) is 2. The highest BCUT2D eigenvalue weighted by atomic mass is 35.5. The third-order valence-electron chi connectivity index (χ3n) is 2.35. The topological polar surface area (TPSA) is 17.8 Å². The molecule has 2 nitrogen and oxygen atoms in total. The van der Waals surface area contributed by atoms with Crippen molar-refractivity contribution in [3.05, 3.63) is 41.6 Å². The Kier molecular flexibility index (Phi) is 2.76. The minimum absolute atomic E-state index is 0.0317. The van der Waals surface area contributed by atoms with Gasteiger partial charge in [0.1, 0.15) is 5.69 Å². The Bertz CT molecular complexity index is 495. The van der Waals surface area contributed by atoms with Gasteiger partial charge in [-0.3, -0.25) is 4.68 Å². The number of aromatic nitrogens is 2. The Morgan fingerprint density at radius 3 is 2.50 bits per heavy atom. The van der Waals surface area contributed by atoms with Gasteiger partial charge in [-0.1, -0.05) is 29.8 Å². The second-order valence-corrected chi connectivity index (χ2v) is 5.12. The molecule has 2 rings (SSSR count). The lowest BCUT2D eigenvalue weighted by Crippen LogP contribution is -2.22. The number of benzene rings is 1. The van der Waals surface area contributed by atoms with E-state index in [4.69, 9.17) is 11.6 Å². The van der Waals surface area contributed by atoms with Crippen molar-refractivity contribution >= 4 is 11.6 Å². The van der Waals surface area contributed by atoms with Crippen LogP contribution in [-0.4, -0.2) is 9.78 Å². The fourth-order valence-corrected chi connectivity index (χ4v) is 1.64. The molecule has 1 aromatic heterocycles. The highest BCUT2D eigenvalue weighted by molar-refractivity contribution is 6.33. The van der Waals surface area contributed by atoms with E-state index >= 15 is 0 Å². The van der Waals surface area contributed by atoms with Crippen LogP contribution in [0.25, 0.3) is 11.3 Å². The van der Waals surface area contributed by atoms with Crippen molar-refractivity contribution in [2.75, 3.05) is 0 Å². The van der Waals surface area contributed by atoms with Crippen LogP contribution >= 0.6 is 11.6 Å². The van der Waals surface area contributed by atoms with E-state index in [0.29, 0.717) is 5.02 Å². The first-order valence-electron chi connectivity index (χ1n) is 5.21. The number of halogens is 1. The van der Waals surface area contributed by atoms with Crippen molar-refractivity contribution in [1.29, 1.82) is 0 Å². The summed E-state index contributed by atoms with van der Waals surface area (Å²) < 4.78 is 1.89. The molecule has 0 aliphatic carbocycles. The molecular formula is C13H14ClN2. The van der Waals surface area contributed by atoms with Crippen LogP contribution in [0, 0.1) is 6.07 Å². The van der Waals surface area contributed by atoms with Gasteiger partial charge in [0, 0.05) is 17.8 Å². The Hall–Kier alpha value is -1.28. The lowest BCUT2D eigenvalue weighted by molar-refractivity contribution is 0.356. The predicted octanol–water partition coefficient (Wildman–Crippen LogP) is 3.76. The molecule has 1 heterocycles. The summed E-state index contributed by atoms with van der Waals surface area (Å²) in [7, 11) is 0. The van der Waals surface area contributed by atoms with Gasteiger partial charge in [0.2, 0.25) is 0 Å². The summed E-state index contributed by atoms with van der Waals surface area (Å²) in [6, 6.07) is 10.8. The van der Waals surface area contributed by atoms with Crippen molar-refractivity contribution in [3.63, 3.8) is 0 Å². The zero-order valence-corrected chi connectivity index (χ0v) is 10.4. The maximum atomic E-state index is 6.11. The van der Waals surface area contributed by atoms with Gasteiger partial charge in [0.25, 0.3) is 0 Å². The summed E-state index contributed by atoms with van der Waals surface area (Å²) in [5.41, 5.74) is 1.68. The van der Waals surface area contributed by atoms with E-state index in [2.05, 4.69) is 31.9 Å². The molecule has 2 aromatic rings. The molecule has 0 unspecified atom stereocenters. The van der Waals surface area contributed by atoms with Crippen molar-refractivity contribution in [2.45, 2.75) is 26.3 Å². The summed E-state index contributed by atoms with van der Waals surface area (Å²) in [5, 5.41) is 5.20. The normalized spacial score (nSPS) is 11.8. The monoisotopic (exact) mass is 233 g/mol. The van der Waals surface area contributed by atoms with E-state index in [1.165, 1.54) is 0 Å². The van der Waals surface area contributed by atoms with Gasteiger partial charge in [-0.2, -0.15) is 5.10 Å². The van der Waals surface area contributed by atoms with Gasteiger partial charge < -0.3 is 0 Å². The van der Waals surface area contributed by atoms with Crippen LogP contribution in [0.1, 0.15) is 20.8 Å². The quantitative estimate of drug-likeness (QED) is 0.734. The molecule has 1 radical (unpaired) electrons. The molecule has 0 aliphatic rings. The Balaban J connectivity index is 2.44. The molecule has 1 aromatic carbocycles. The average molecular weight is 234 g/mol. The van der Waals surface area contributed by atoms with Crippen molar-refractivity contribution < 1.29 is 0 Å². The zero-order valence-electron chi connectivity index (χ0n) is 9.66. The summed E-state index contributed by atoms with van der Waals surface area (Å²) in [6.45, 7) is 6.30. The van der Waals surface area contributed by atoms with Gasteiger partial charge in [-0.05, 0) is 26.8 Å². The second kappa shape index (κ2) is 3.95. The summed E-state index contributed by atoms with van der Waals surface area (Å²) >= 11 is 6.11. The number of hydrogen-bond acceptors (Lipinski definition) is 1. The largest absolute Gasteiger partial charge is 0.266 e. The fourth-order valence-electron chi connectivity index (χ4n) is 1.42. The van der Waals surface area contributed by atoms with E-state index in [0.717, 1.165) is 11.3 Å². The molecule has 3 heteroatoms. The van der Waals surface area contributed by atoms with Gasteiger partial charge in [0.05, 0.1) is 10.6 Å². The van der Waals surface area contributed by atoms with Gasteiger partial charge >= 0.3 is 0 Å². The van der Waals surface area contributed by atoms with Crippen LogP contribution in [0.2, 0.25) is 5.02 Å². The van der Waals surface area contributed by atoms with Gasteiger partial charge in [-0.25, -0.2) is 0 Å². The maximum absolute atomic E-state index is 6.11. The van der Waals surface area contributed by atoms with E-state index in [-0.39, 0.29) is 5.54 Å². The van der Waals surface area contributed by atoms with Crippen LogP contribution in [-0.2, 0) is 5.54 Å². The smallest absolute Gasteiger partial charge is 0.102 e. The minimum Gasteiger partial charge on any atom is -0.266 e. The summed E-state index contributed by atoms with van der Waals surface area (Å²) in [6.07, 6.45) is 1.86. The van der Waals surface area contributed by atoms with E-state index in [1.807, 2.05) is 35.1 Å². The Morgan fingerprint density at radius 2 is 1.94 bits per heavy atom. The van der Waals surface area contributed by atoms with Gasteiger partial charge in [0.15, 0.2) is 0 Å². The highest BCUT2D eigenvalue weighted by Gasteiger charge is 2.15. The van der Waals surface area contributed by atoms with Crippen molar-refractivity contribution in [2.24, 2.45) is 0 Å². The molecule has 0 fully saturated rings. The molecule has 83 valence electrons. The Labute approximate surface area is 101 Å². The van der Waals surface area contributed by atoms with Crippen LogP contribution < -0.4 is 0 Å². The molecule has 0 spiro atoms. The highest BCUT2D eigenvalue weighted by Crippen LogP contribution is 2.26. The van der Waals surface area contributed by atoms with Crippen LogP contribution in [0.3, 0.4) is 0 Å². The molecule has 16 heavy (non-hydrogen) atoms. The molecule has 0 amide bonds. The van der Waals surface area contributed by atoms with Crippen LogP contribution in [0.5, 0.6) is 0 Å². The molecule has 0 bridgehead atoms. The molecular weight excluding hydrogens is 220 g/mol. The number of rotatable bonds is 1. The van der Waals surface area contributed by atoms with E-state index in [9.17, 15) is 0 Å². The standard InChI is InChI=1S/C13H14ClN2/c1-13(2,3)16-9-8-12(15-16)10-6-4-5-7-11(10)14/h4-7,9H,1-3H3. The van der Waals surface area contributed by atoms with E-state index < -0.39 is 0 Å². The fraction of sp³-hybridized carbons (Fsp3) is 0.308. The lowest BCUT2D eigenvalue weighted by Gasteiger charge is -2.18. The second-order valence-electron chi connectivity index (χ2n) is 4.72. The third-order valence-corrected chi connectivity index (χ3v) is 2.68. The molecule has 0 saturated heterocycles. The minimum atomic E-state index is -0.0317. The number of hydrogen-bond donors (Lipinski definition) is 0. The molecule has 0 N–H and O–H groups in total. The zero-order chi connectivity index (χ0) is 11.8. The maximum Gasteiger partial charge on any atom is 0.102 e. The first kappa shape index (κ1) is 11.2. The molecule has 0 atom stereocenters. The third kappa shape index (κ3) is 2.12. The molecule has 0 saturated carbocycles. The van der Waals surface area contributed by atoms with Crippen LogP contribution in [0.4, 0.5) is 0 Å². The first-order chi connectivity index (χ1) is 7.48. The van der Waals surface area contributed by atoms with E-state index in [1.54, 1.807) is 0 Å². The Morgan fingerprint density at radius 1 is 1.25 bits per heavy atom. The lowest BCUT2D eigenvalue weighted by atomic mass is 10.1. The van der Waals surface area contributed by atoms with Gasteiger partial charge in [-0.15, -0.1) is 0 Å². The van der Waals surface area contributed by atoms with Crippen LogP contribution in [0.15, 0.2) is 30.5 Å².